The van der Waals surface area contributed by atoms with Crippen LogP contribution in [0.2, 0.25) is 0 Å². The summed E-state index contributed by atoms with van der Waals surface area (Å²) in [6.07, 6.45) is 2.29. The number of hydrogen-bond donors (Lipinski definition) is 1. The van der Waals surface area contributed by atoms with E-state index >= 15 is 0 Å². The first-order valence-corrected chi connectivity index (χ1v) is 6.74. The van der Waals surface area contributed by atoms with Crippen molar-refractivity contribution < 1.29 is 9.90 Å². The van der Waals surface area contributed by atoms with Crippen molar-refractivity contribution in [2.75, 3.05) is 18.0 Å². The fourth-order valence-corrected chi connectivity index (χ4v) is 2.73. The predicted octanol–water partition coefficient (Wildman–Crippen LogP) is 3.11. The molecule has 1 aliphatic rings. The molecule has 98 valence electrons. The van der Waals surface area contributed by atoms with E-state index in [0.29, 0.717) is 12.5 Å². The van der Waals surface area contributed by atoms with E-state index < -0.39 is 5.97 Å². The van der Waals surface area contributed by atoms with E-state index in [2.05, 4.69) is 18.7 Å². The molecular formula is C15H21NO2. The molecule has 0 amide bonds. The Hall–Kier alpha value is -1.51. The van der Waals surface area contributed by atoms with Gasteiger partial charge in [0, 0.05) is 18.8 Å². The van der Waals surface area contributed by atoms with Gasteiger partial charge in [-0.25, -0.2) is 0 Å². The van der Waals surface area contributed by atoms with Gasteiger partial charge in [-0.15, -0.1) is 0 Å². The maximum Gasteiger partial charge on any atom is 0.312 e. The second-order valence-electron chi connectivity index (χ2n) is 5.04. The number of fused-ring (bicyclic) bond motifs is 1. The molecule has 0 fully saturated rings. The Morgan fingerprint density at radius 2 is 2.06 bits per heavy atom. The molecule has 1 atom stereocenters. The van der Waals surface area contributed by atoms with Gasteiger partial charge in [0.15, 0.2) is 0 Å². The summed E-state index contributed by atoms with van der Waals surface area (Å²) < 4.78 is 0. The van der Waals surface area contributed by atoms with Gasteiger partial charge in [0.2, 0.25) is 0 Å². The van der Waals surface area contributed by atoms with Crippen molar-refractivity contribution in [3.05, 3.63) is 29.8 Å². The van der Waals surface area contributed by atoms with E-state index in [9.17, 15) is 9.90 Å². The molecule has 0 saturated heterocycles. The van der Waals surface area contributed by atoms with Crippen LogP contribution in [0.4, 0.5) is 5.69 Å². The van der Waals surface area contributed by atoms with Gasteiger partial charge in [0.25, 0.3) is 0 Å². The second-order valence-corrected chi connectivity index (χ2v) is 5.04. The number of aliphatic carboxylic acids is 1. The fourth-order valence-electron chi connectivity index (χ4n) is 2.73. The lowest BCUT2D eigenvalue weighted by Gasteiger charge is -2.24. The molecular weight excluding hydrogens is 226 g/mol. The number of carboxylic acids is 1. The number of carbonyl (C=O) groups is 1. The van der Waals surface area contributed by atoms with Crippen molar-refractivity contribution in [3.8, 4) is 0 Å². The van der Waals surface area contributed by atoms with Gasteiger partial charge in [-0.2, -0.15) is 0 Å². The third-order valence-electron chi connectivity index (χ3n) is 3.99. The topological polar surface area (TPSA) is 40.5 Å². The summed E-state index contributed by atoms with van der Waals surface area (Å²) in [7, 11) is 0. The van der Waals surface area contributed by atoms with E-state index in [1.165, 1.54) is 0 Å². The molecule has 0 bridgehead atoms. The van der Waals surface area contributed by atoms with Gasteiger partial charge in [-0.05, 0) is 17.5 Å². The number of anilines is 1. The van der Waals surface area contributed by atoms with E-state index in [0.717, 1.165) is 30.6 Å². The van der Waals surface area contributed by atoms with E-state index in [1.807, 2.05) is 24.3 Å². The highest BCUT2D eigenvalue weighted by atomic mass is 16.4. The molecule has 0 saturated carbocycles. The van der Waals surface area contributed by atoms with Crippen LogP contribution >= 0.6 is 0 Å². The molecule has 1 N–H and O–H groups in total. The van der Waals surface area contributed by atoms with Crippen molar-refractivity contribution in [2.24, 2.45) is 5.92 Å². The number of rotatable bonds is 5. The van der Waals surface area contributed by atoms with Gasteiger partial charge < -0.3 is 10.0 Å². The number of nitrogens with zero attached hydrogens (tertiary/aromatic N) is 1. The first-order valence-electron chi connectivity index (χ1n) is 6.74. The third kappa shape index (κ3) is 2.35. The lowest BCUT2D eigenvalue weighted by Crippen LogP contribution is -2.29. The van der Waals surface area contributed by atoms with Crippen molar-refractivity contribution in [1.29, 1.82) is 0 Å². The Kier molecular flexibility index (Phi) is 3.90. The Balaban J connectivity index is 2.22. The van der Waals surface area contributed by atoms with Crippen molar-refractivity contribution >= 4 is 11.7 Å². The molecule has 0 aliphatic carbocycles. The molecule has 3 heteroatoms. The van der Waals surface area contributed by atoms with Crippen molar-refractivity contribution in [2.45, 2.75) is 32.6 Å². The molecule has 1 aliphatic heterocycles. The van der Waals surface area contributed by atoms with Gasteiger partial charge in [-0.3, -0.25) is 4.79 Å². The quantitative estimate of drug-likeness (QED) is 0.869. The largest absolute Gasteiger partial charge is 0.481 e. The zero-order chi connectivity index (χ0) is 13.1. The number of para-hydroxylation sites is 1. The predicted molar refractivity (Wildman–Crippen MR) is 73.1 cm³/mol. The monoisotopic (exact) mass is 247 g/mol. The minimum Gasteiger partial charge on any atom is -0.481 e. The molecule has 1 heterocycles. The maximum atomic E-state index is 11.3. The molecule has 0 aromatic heterocycles. The summed E-state index contributed by atoms with van der Waals surface area (Å²) in [6.45, 7) is 5.98. The minimum atomic E-state index is -0.713. The van der Waals surface area contributed by atoms with Crippen LogP contribution < -0.4 is 4.90 Å². The zero-order valence-corrected chi connectivity index (χ0v) is 11.1. The summed E-state index contributed by atoms with van der Waals surface area (Å²) >= 11 is 0. The first kappa shape index (κ1) is 12.9. The Morgan fingerprint density at radius 3 is 2.67 bits per heavy atom. The molecule has 3 nitrogen and oxygen atoms in total. The molecule has 1 aromatic carbocycles. The fraction of sp³-hybridized carbons (Fsp3) is 0.533. The van der Waals surface area contributed by atoms with Crippen molar-refractivity contribution in [1.82, 2.24) is 0 Å². The highest BCUT2D eigenvalue weighted by molar-refractivity contribution is 5.82. The molecule has 0 radical (unpaired) electrons. The molecule has 0 spiro atoms. The maximum absolute atomic E-state index is 11.3. The Labute approximate surface area is 108 Å². The highest BCUT2D eigenvalue weighted by Crippen LogP contribution is 2.36. The number of hydrogen-bond acceptors (Lipinski definition) is 2. The highest BCUT2D eigenvalue weighted by Gasteiger charge is 2.33. The average Bonchev–Trinajstić information content (AvgIpc) is 2.75. The van der Waals surface area contributed by atoms with E-state index in [4.69, 9.17) is 0 Å². The summed E-state index contributed by atoms with van der Waals surface area (Å²) in [5, 5.41) is 9.30. The van der Waals surface area contributed by atoms with Gasteiger partial charge >= 0.3 is 5.97 Å². The van der Waals surface area contributed by atoms with Crippen molar-refractivity contribution in [3.63, 3.8) is 0 Å². The SMILES string of the molecule is CCC(CC)CN1CC(C(=O)O)c2ccccc21. The lowest BCUT2D eigenvalue weighted by atomic mass is 10.0. The van der Waals surface area contributed by atoms with Crippen LogP contribution in [0, 0.1) is 5.92 Å². The Bertz CT molecular complexity index is 426. The number of carboxylic acid groups (broad SMARTS) is 1. The van der Waals surface area contributed by atoms with Gasteiger partial charge in [0.1, 0.15) is 5.92 Å². The molecule has 1 unspecified atom stereocenters. The standard InChI is InChI=1S/C15H21NO2/c1-3-11(4-2)9-16-10-13(15(17)18)12-7-5-6-8-14(12)16/h5-8,11,13H,3-4,9-10H2,1-2H3,(H,17,18). The van der Waals surface area contributed by atoms with Crippen LogP contribution in [0.1, 0.15) is 38.2 Å². The summed E-state index contributed by atoms with van der Waals surface area (Å²) in [5.41, 5.74) is 2.08. The van der Waals surface area contributed by atoms with Gasteiger partial charge in [0.05, 0.1) is 0 Å². The van der Waals surface area contributed by atoms with Crippen LogP contribution in [-0.2, 0) is 4.79 Å². The van der Waals surface area contributed by atoms with E-state index in [-0.39, 0.29) is 5.92 Å². The molecule has 2 rings (SSSR count). The summed E-state index contributed by atoms with van der Waals surface area (Å²) in [5.74, 6) is -0.435. The third-order valence-corrected chi connectivity index (χ3v) is 3.99. The summed E-state index contributed by atoms with van der Waals surface area (Å²) in [4.78, 5) is 13.5. The van der Waals surface area contributed by atoms with Crippen LogP contribution in [0.25, 0.3) is 0 Å². The Morgan fingerprint density at radius 1 is 1.39 bits per heavy atom. The zero-order valence-electron chi connectivity index (χ0n) is 11.1. The molecule has 18 heavy (non-hydrogen) atoms. The summed E-state index contributed by atoms with van der Waals surface area (Å²) in [6, 6.07) is 7.90. The molecule has 1 aromatic rings. The minimum absolute atomic E-state index is 0.365. The van der Waals surface area contributed by atoms with Gasteiger partial charge in [-0.1, -0.05) is 44.9 Å². The normalized spacial score (nSPS) is 18.2. The van der Waals surface area contributed by atoms with Crippen LogP contribution in [0.5, 0.6) is 0 Å². The smallest absolute Gasteiger partial charge is 0.312 e. The van der Waals surface area contributed by atoms with Crippen LogP contribution in [-0.4, -0.2) is 24.2 Å². The average molecular weight is 247 g/mol. The number of benzene rings is 1. The first-order chi connectivity index (χ1) is 8.67. The van der Waals surface area contributed by atoms with E-state index in [1.54, 1.807) is 0 Å². The lowest BCUT2D eigenvalue weighted by molar-refractivity contribution is -0.138. The second kappa shape index (κ2) is 5.42. The van der Waals surface area contributed by atoms with Crippen LogP contribution in [0.3, 0.4) is 0 Å². The van der Waals surface area contributed by atoms with Crippen LogP contribution in [0.15, 0.2) is 24.3 Å².